The fourth-order valence-corrected chi connectivity index (χ4v) is 9.26. The number of para-hydroxylation sites is 2. The van der Waals surface area contributed by atoms with Gasteiger partial charge in [0.25, 0.3) is 0 Å². The van der Waals surface area contributed by atoms with E-state index in [0.29, 0.717) is 62.4 Å². The number of aromatic nitrogens is 2. The predicted octanol–water partition coefficient (Wildman–Crippen LogP) is 18.5. The fraction of sp³-hybridized carbons (Fsp3) is 0.0926. The van der Waals surface area contributed by atoms with Crippen LogP contribution in [0.3, 0.4) is 0 Å². The lowest BCUT2D eigenvalue weighted by Crippen LogP contribution is -2.11. The van der Waals surface area contributed by atoms with Gasteiger partial charge in [-0.1, -0.05) is 60.7 Å². The van der Waals surface area contributed by atoms with E-state index in [1.807, 2.05) is 0 Å². The minimum absolute atomic E-state index is 0.00262. The van der Waals surface area contributed by atoms with Crippen LogP contribution in [0.1, 0.15) is 27.8 Å². The number of fused-ring (bicyclic) bond motifs is 6. The number of nitrogens with zero attached hydrogens (tertiary/aromatic N) is 3. The van der Waals surface area contributed by atoms with Crippen molar-refractivity contribution in [2.24, 2.45) is 0 Å². The molecule has 2 heterocycles. The minimum atomic E-state index is -5.14. The Hall–Kier alpha value is -8.20. The Balaban J connectivity index is 1.23. The third-order valence-electron chi connectivity index (χ3n) is 12.4. The van der Waals surface area contributed by atoms with Gasteiger partial charge < -0.3 is 9.13 Å². The highest BCUT2D eigenvalue weighted by molar-refractivity contribution is 6.13. The lowest BCUT2D eigenvalue weighted by atomic mass is 9.96. The summed E-state index contributed by atoms with van der Waals surface area (Å²) in [7, 11) is 0. The first-order valence-electron chi connectivity index (χ1n) is 21.2. The molecule has 0 saturated heterocycles. The van der Waals surface area contributed by atoms with Crippen molar-refractivity contribution in [1.82, 2.24) is 9.13 Å². The summed E-state index contributed by atoms with van der Waals surface area (Å²) in [5.74, 6) is 0. The summed E-state index contributed by atoms with van der Waals surface area (Å²) >= 11 is 0. The van der Waals surface area contributed by atoms with Crippen molar-refractivity contribution in [2.75, 3.05) is 0 Å². The van der Waals surface area contributed by atoms with Gasteiger partial charge in [-0.25, -0.2) is 4.85 Å². The Morgan fingerprint density at radius 1 is 0.319 bits per heavy atom. The van der Waals surface area contributed by atoms with E-state index in [9.17, 15) is 65.9 Å². The van der Waals surface area contributed by atoms with E-state index in [2.05, 4.69) is 4.85 Å². The van der Waals surface area contributed by atoms with E-state index < -0.39 is 69.8 Å². The Morgan fingerprint density at radius 3 is 1.14 bits per heavy atom. The number of hydrogen-bond acceptors (Lipinski definition) is 0. The molecule has 0 amide bonds. The molecule has 0 spiro atoms. The second-order valence-corrected chi connectivity index (χ2v) is 16.8. The van der Waals surface area contributed by atoms with Gasteiger partial charge in [-0.3, -0.25) is 0 Å². The predicted molar refractivity (Wildman–Crippen MR) is 243 cm³/mol. The van der Waals surface area contributed by atoms with Crippen LogP contribution < -0.4 is 0 Å². The van der Waals surface area contributed by atoms with Gasteiger partial charge in [0.15, 0.2) is 5.69 Å². The number of hydrogen-bond donors (Lipinski definition) is 0. The van der Waals surface area contributed by atoms with Gasteiger partial charge in [-0.2, -0.15) is 65.9 Å². The van der Waals surface area contributed by atoms with Crippen molar-refractivity contribution in [3.63, 3.8) is 0 Å². The summed E-state index contributed by atoms with van der Waals surface area (Å²) < 4.78 is 215. The largest absolute Gasteiger partial charge is 0.416 e. The molecule has 0 atom stereocenters. The lowest BCUT2D eigenvalue weighted by Gasteiger charge is -2.21. The van der Waals surface area contributed by atoms with Gasteiger partial charge in [0, 0.05) is 32.8 Å². The first-order valence-corrected chi connectivity index (χ1v) is 21.2. The molecule has 0 unspecified atom stereocenters. The standard InChI is InChI=1S/C54H26F15N3/c1-70-42-9-6-12-48(72-44-11-5-3-8-38(44)40-24-29(14-17-46(40)72)31-21-35(53(64,65)66)26-36(22-31)54(67,68)69)49(42)41-27-32(50(55,56)57)15-18-47(41)71-43-10-4-2-7-37(43)39-23-28(13-16-45(39)71)30-19-33(51(58,59)60)25-34(20-30)52(61,62)63/h2-27H. The molecule has 72 heavy (non-hydrogen) atoms. The van der Waals surface area contributed by atoms with Crippen molar-refractivity contribution in [3.8, 4) is 44.8 Å². The zero-order valence-corrected chi connectivity index (χ0v) is 36.0. The molecule has 0 fully saturated rings. The molecule has 0 aliphatic rings. The van der Waals surface area contributed by atoms with Crippen LogP contribution in [-0.2, 0) is 30.9 Å². The second kappa shape index (κ2) is 16.4. The van der Waals surface area contributed by atoms with Crippen molar-refractivity contribution in [1.29, 1.82) is 0 Å². The molecule has 0 N–H and O–H groups in total. The zero-order valence-electron chi connectivity index (χ0n) is 36.0. The zero-order chi connectivity index (χ0) is 51.4. The van der Waals surface area contributed by atoms with Crippen molar-refractivity contribution in [2.45, 2.75) is 30.9 Å². The van der Waals surface area contributed by atoms with E-state index >= 15 is 0 Å². The second-order valence-electron chi connectivity index (χ2n) is 16.8. The van der Waals surface area contributed by atoms with Crippen LogP contribution in [0.4, 0.5) is 71.5 Å². The van der Waals surface area contributed by atoms with Crippen molar-refractivity contribution in [3.05, 3.63) is 197 Å². The Bertz CT molecular complexity index is 3810. The molecule has 3 nitrogen and oxygen atoms in total. The normalized spacial score (nSPS) is 12.9. The molecule has 10 aromatic rings. The lowest BCUT2D eigenvalue weighted by molar-refractivity contribution is -0.144. The van der Waals surface area contributed by atoms with E-state index in [4.69, 9.17) is 6.57 Å². The summed E-state index contributed by atoms with van der Waals surface area (Å²) in [5, 5.41) is 1.45. The van der Waals surface area contributed by atoms with Crippen LogP contribution in [0.2, 0.25) is 0 Å². The highest BCUT2D eigenvalue weighted by Crippen LogP contribution is 2.48. The molecular weight excluding hydrogens is 976 g/mol. The summed E-state index contributed by atoms with van der Waals surface area (Å²) in [6.45, 7) is 8.31. The monoisotopic (exact) mass is 1000 g/mol. The molecule has 0 saturated carbocycles. The Morgan fingerprint density at radius 2 is 0.722 bits per heavy atom. The van der Waals surface area contributed by atoms with Gasteiger partial charge in [0.05, 0.1) is 62.1 Å². The summed E-state index contributed by atoms with van der Waals surface area (Å²) in [5.41, 5.74) is -7.04. The first kappa shape index (κ1) is 47.5. The molecular formula is C54H26F15N3. The van der Waals surface area contributed by atoms with E-state index in [-0.39, 0.29) is 57.0 Å². The van der Waals surface area contributed by atoms with Gasteiger partial charge in [-0.05, 0) is 125 Å². The molecule has 2 aromatic heterocycles. The van der Waals surface area contributed by atoms with Crippen LogP contribution in [0.15, 0.2) is 158 Å². The number of benzene rings is 8. The summed E-state index contributed by atoms with van der Waals surface area (Å²) in [4.78, 5) is 3.72. The topological polar surface area (TPSA) is 14.2 Å². The van der Waals surface area contributed by atoms with Crippen LogP contribution in [-0.4, -0.2) is 9.13 Å². The number of halogens is 15. The summed E-state index contributed by atoms with van der Waals surface area (Å²) in [6, 6.07) is 30.7. The van der Waals surface area contributed by atoms with Crippen LogP contribution in [0.5, 0.6) is 0 Å². The minimum Gasteiger partial charge on any atom is -0.310 e. The molecule has 0 aliphatic carbocycles. The third kappa shape index (κ3) is 8.21. The maximum absolute atomic E-state index is 14.9. The third-order valence-corrected chi connectivity index (χ3v) is 12.4. The first-order chi connectivity index (χ1) is 33.8. The number of rotatable bonds is 5. The maximum atomic E-state index is 14.9. The molecule has 8 aromatic carbocycles. The van der Waals surface area contributed by atoms with Crippen LogP contribution in [0, 0.1) is 6.57 Å². The van der Waals surface area contributed by atoms with Gasteiger partial charge >= 0.3 is 30.9 Å². The van der Waals surface area contributed by atoms with Gasteiger partial charge in [0.2, 0.25) is 0 Å². The summed E-state index contributed by atoms with van der Waals surface area (Å²) in [6.07, 6.45) is -25.5. The molecule has 362 valence electrons. The Labute approximate surface area is 396 Å². The molecule has 0 aliphatic heterocycles. The van der Waals surface area contributed by atoms with Crippen LogP contribution in [0.25, 0.3) is 93.2 Å². The average Bonchev–Trinajstić information content (AvgIpc) is 3.84. The van der Waals surface area contributed by atoms with E-state index in [0.717, 1.165) is 12.1 Å². The van der Waals surface area contributed by atoms with Gasteiger partial charge in [0.1, 0.15) is 0 Å². The van der Waals surface area contributed by atoms with E-state index in [1.165, 1.54) is 60.7 Å². The molecule has 18 heteroatoms. The van der Waals surface area contributed by atoms with E-state index in [1.54, 1.807) is 57.7 Å². The smallest absolute Gasteiger partial charge is 0.310 e. The van der Waals surface area contributed by atoms with Crippen molar-refractivity contribution >= 4 is 49.3 Å². The average molecular weight is 1000 g/mol. The van der Waals surface area contributed by atoms with Crippen molar-refractivity contribution < 1.29 is 65.9 Å². The highest BCUT2D eigenvalue weighted by Gasteiger charge is 2.39. The SMILES string of the molecule is [C-]#[N+]c1cccc(-n2c3ccccc3c3cc(-c4cc(C(F)(F)F)cc(C(F)(F)F)c4)ccc32)c1-c1cc(C(F)(F)F)ccc1-n1c2ccccc2c2cc(-c3cc(C(F)(F)F)cc(C(F)(F)F)c3)ccc21. The quantitative estimate of drug-likeness (QED) is 0.121. The maximum Gasteiger partial charge on any atom is 0.416 e. The number of alkyl halides is 15. The molecule has 0 bridgehead atoms. The fourth-order valence-electron chi connectivity index (χ4n) is 9.26. The Kier molecular flexibility index (Phi) is 10.8. The van der Waals surface area contributed by atoms with Gasteiger partial charge in [-0.15, -0.1) is 0 Å². The highest BCUT2D eigenvalue weighted by atomic mass is 19.4. The molecule has 0 radical (unpaired) electrons. The van der Waals surface area contributed by atoms with Crippen LogP contribution >= 0.6 is 0 Å². The molecule has 10 rings (SSSR count).